The Morgan fingerprint density at radius 3 is 2.61 bits per heavy atom. The number of benzene rings is 2. The zero-order valence-electron chi connectivity index (χ0n) is 14.3. The number of hydrogen-bond acceptors (Lipinski definition) is 5. The Morgan fingerprint density at radius 1 is 1.07 bits per heavy atom. The molecule has 138 valence electrons. The van der Waals surface area contributed by atoms with Crippen LogP contribution in [0.15, 0.2) is 75.9 Å². The number of rotatable bonds is 3. The van der Waals surface area contributed by atoms with Gasteiger partial charge in [0.1, 0.15) is 5.52 Å². The third-order valence-corrected chi connectivity index (χ3v) is 4.52. The summed E-state index contributed by atoms with van der Waals surface area (Å²) in [6.45, 7) is 0. The maximum absolute atomic E-state index is 12.2. The van der Waals surface area contributed by atoms with Gasteiger partial charge in [-0.3, -0.25) is 15.1 Å². The first-order valence-corrected chi connectivity index (χ1v) is 9.47. The van der Waals surface area contributed by atoms with Gasteiger partial charge >= 0.3 is 0 Å². The minimum Gasteiger partial charge on any atom is -0.436 e. The first-order chi connectivity index (χ1) is 13.6. The SMILES string of the molecule is O=C(NC(=S)Nc1ccc(-c2nc3ccccc3o2)cc1)c1cncc(Br)c1. The van der Waals surface area contributed by atoms with Crippen LogP contribution in [0.1, 0.15) is 10.4 Å². The van der Waals surface area contributed by atoms with E-state index in [9.17, 15) is 4.79 Å². The highest BCUT2D eigenvalue weighted by Gasteiger charge is 2.10. The number of anilines is 1. The fourth-order valence-corrected chi connectivity index (χ4v) is 3.14. The smallest absolute Gasteiger partial charge is 0.259 e. The minimum atomic E-state index is -0.339. The maximum atomic E-state index is 12.2. The molecule has 2 N–H and O–H groups in total. The third kappa shape index (κ3) is 4.08. The zero-order valence-corrected chi connectivity index (χ0v) is 16.8. The molecule has 28 heavy (non-hydrogen) atoms. The first kappa shape index (κ1) is 18.3. The third-order valence-electron chi connectivity index (χ3n) is 3.88. The second-order valence-corrected chi connectivity index (χ2v) is 7.19. The number of carbonyl (C=O) groups excluding carboxylic acids is 1. The van der Waals surface area contributed by atoms with Gasteiger partial charge in [0.2, 0.25) is 5.89 Å². The Hall–Kier alpha value is -3.10. The predicted molar refractivity (Wildman–Crippen MR) is 115 cm³/mol. The normalized spacial score (nSPS) is 10.6. The van der Waals surface area contributed by atoms with Crippen LogP contribution in [0.2, 0.25) is 0 Å². The van der Waals surface area contributed by atoms with Crippen molar-refractivity contribution in [3.63, 3.8) is 0 Å². The van der Waals surface area contributed by atoms with Crippen LogP contribution in [0.3, 0.4) is 0 Å². The summed E-state index contributed by atoms with van der Waals surface area (Å²) in [5, 5.41) is 5.80. The van der Waals surface area contributed by atoms with Gasteiger partial charge in [0.25, 0.3) is 5.91 Å². The van der Waals surface area contributed by atoms with Gasteiger partial charge in [-0.15, -0.1) is 0 Å². The van der Waals surface area contributed by atoms with Crippen LogP contribution >= 0.6 is 28.1 Å². The van der Waals surface area contributed by atoms with E-state index in [1.165, 1.54) is 6.20 Å². The lowest BCUT2D eigenvalue weighted by Crippen LogP contribution is -2.34. The molecule has 0 saturated carbocycles. The number of para-hydroxylation sites is 2. The summed E-state index contributed by atoms with van der Waals surface area (Å²) in [5.74, 6) is 0.208. The number of amides is 1. The van der Waals surface area contributed by atoms with Gasteiger partial charge in [0.05, 0.1) is 5.56 Å². The van der Waals surface area contributed by atoms with Crippen LogP contribution in [0.25, 0.3) is 22.6 Å². The molecule has 4 aromatic rings. The Labute approximate surface area is 174 Å². The summed E-state index contributed by atoms with van der Waals surface area (Å²) < 4.78 is 6.48. The number of hydrogen-bond donors (Lipinski definition) is 2. The van der Waals surface area contributed by atoms with Gasteiger partial charge in [-0.1, -0.05) is 12.1 Å². The molecule has 0 aliphatic carbocycles. The van der Waals surface area contributed by atoms with Gasteiger partial charge in [-0.2, -0.15) is 0 Å². The number of carbonyl (C=O) groups is 1. The van der Waals surface area contributed by atoms with E-state index in [2.05, 4.69) is 36.5 Å². The van der Waals surface area contributed by atoms with E-state index in [4.69, 9.17) is 16.6 Å². The molecule has 6 nitrogen and oxygen atoms in total. The van der Waals surface area contributed by atoms with Crippen molar-refractivity contribution < 1.29 is 9.21 Å². The van der Waals surface area contributed by atoms with E-state index >= 15 is 0 Å². The Morgan fingerprint density at radius 2 is 1.86 bits per heavy atom. The zero-order chi connectivity index (χ0) is 19.5. The van der Waals surface area contributed by atoms with E-state index in [1.807, 2.05) is 48.5 Å². The molecule has 0 bridgehead atoms. The summed E-state index contributed by atoms with van der Waals surface area (Å²) >= 11 is 8.49. The van der Waals surface area contributed by atoms with Crippen molar-refractivity contribution in [3.8, 4) is 11.5 Å². The molecule has 0 spiro atoms. The quantitative estimate of drug-likeness (QED) is 0.435. The number of pyridine rings is 1. The van der Waals surface area contributed by atoms with Crippen molar-refractivity contribution in [1.29, 1.82) is 0 Å². The van der Waals surface area contributed by atoms with Crippen LogP contribution in [0.4, 0.5) is 5.69 Å². The molecule has 0 unspecified atom stereocenters. The van der Waals surface area contributed by atoms with Crippen molar-refractivity contribution in [2.24, 2.45) is 0 Å². The molecular weight excluding hydrogens is 440 g/mol. The Kier molecular flexibility index (Phi) is 5.14. The fraction of sp³-hybridized carbons (Fsp3) is 0. The van der Waals surface area contributed by atoms with Gasteiger partial charge in [0.15, 0.2) is 10.7 Å². The molecule has 2 aromatic carbocycles. The summed E-state index contributed by atoms with van der Waals surface area (Å²) in [4.78, 5) is 20.6. The monoisotopic (exact) mass is 452 g/mol. The molecule has 0 aliphatic rings. The predicted octanol–water partition coefficient (Wildman–Crippen LogP) is 4.78. The molecular formula is C20H13BrN4O2S. The van der Waals surface area contributed by atoms with Crippen LogP contribution in [0.5, 0.6) is 0 Å². The largest absolute Gasteiger partial charge is 0.436 e. The van der Waals surface area contributed by atoms with E-state index in [0.29, 0.717) is 15.9 Å². The van der Waals surface area contributed by atoms with Crippen LogP contribution < -0.4 is 10.6 Å². The Bertz CT molecular complexity index is 1140. The number of halogens is 1. The highest BCUT2D eigenvalue weighted by atomic mass is 79.9. The number of nitrogens with one attached hydrogen (secondary N) is 2. The number of aromatic nitrogens is 2. The number of oxazole rings is 1. The van der Waals surface area contributed by atoms with E-state index in [-0.39, 0.29) is 11.0 Å². The summed E-state index contributed by atoms with van der Waals surface area (Å²) in [7, 11) is 0. The van der Waals surface area contributed by atoms with E-state index in [0.717, 1.165) is 22.4 Å². The summed E-state index contributed by atoms with van der Waals surface area (Å²) in [6, 6.07) is 16.7. The number of thiocarbonyl (C=S) groups is 1. The van der Waals surface area contributed by atoms with Gasteiger partial charge in [-0.25, -0.2) is 4.98 Å². The highest BCUT2D eigenvalue weighted by molar-refractivity contribution is 9.10. The van der Waals surface area contributed by atoms with Crippen LogP contribution in [-0.4, -0.2) is 21.0 Å². The van der Waals surface area contributed by atoms with Gasteiger partial charge in [-0.05, 0) is 70.6 Å². The van der Waals surface area contributed by atoms with Crippen molar-refractivity contribution >= 4 is 56.0 Å². The number of fused-ring (bicyclic) bond motifs is 1. The second kappa shape index (κ2) is 7.87. The summed E-state index contributed by atoms with van der Waals surface area (Å²) in [5.41, 5.74) is 3.54. The van der Waals surface area contributed by atoms with Crippen molar-refractivity contribution in [3.05, 3.63) is 77.0 Å². The first-order valence-electron chi connectivity index (χ1n) is 8.27. The van der Waals surface area contributed by atoms with Gasteiger partial charge in [0, 0.05) is 28.1 Å². The second-order valence-electron chi connectivity index (χ2n) is 5.86. The molecule has 0 aliphatic heterocycles. The molecule has 0 fully saturated rings. The fourth-order valence-electron chi connectivity index (χ4n) is 2.57. The molecule has 8 heteroatoms. The standard InChI is InChI=1S/C20H13BrN4O2S/c21-14-9-13(10-22-11-14)18(26)25-20(28)23-15-7-5-12(6-8-15)19-24-16-3-1-2-4-17(16)27-19/h1-11H,(H2,23,25,26,28). The lowest BCUT2D eigenvalue weighted by atomic mass is 10.2. The van der Waals surface area contributed by atoms with E-state index in [1.54, 1.807) is 12.3 Å². The Balaban J connectivity index is 1.42. The van der Waals surface area contributed by atoms with Crippen molar-refractivity contribution in [2.45, 2.75) is 0 Å². The molecule has 0 atom stereocenters. The highest BCUT2D eigenvalue weighted by Crippen LogP contribution is 2.25. The van der Waals surface area contributed by atoms with Gasteiger partial charge < -0.3 is 9.73 Å². The average molecular weight is 453 g/mol. The molecule has 2 aromatic heterocycles. The average Bonchev–Trinajstić information content (AvgIpc) is 3.12. The van der Waals surface area contributed by atoms with Crippen molar-refractivity contribution in [1.82, 2.24) is 15.3 Å². The number of nitrogens with zero attached hydrogens (tertiary/aromatic N) is 2. The van der Waals surface area contributed by atoms with Crippen molar-refractivity contribution in [2.75, 3.05) is 5.32 Å². The molecule has 2 heterocycles. The van der Waals surface area contributed by atoms with Crippen LogP contribution in [-0.2, 0) is 0 Å². The lowest BCUT2D eigenvalue weighted by molar-refractivity contribution is 0.0977. The molecule has 1 amide bonds. The molecule has 0 saturated heterocycles. The minimum absolute atomic E-state index is 0.194. The van der Waals surface area contributed by atoms with Crippen LogP contribution in [0, 0.1) is 0 Å². The van der Waals surface area contributed by atoms with E-state index < -0.39 is 0 Å². The molecule has 0 radical (unpaired) electrons. The summed E-state index contributed by atoms with van der Waals surface area (Å²) in [6.07, 6.45) is 3.07. The maximum Gasteiger partial charge on any atom is 0.259 e. The topological polar surface area (TPSA) is 80.0 Å². The lowest BCUT2D eigenvalue weighted by Gasteiger charge is -2.10. The molecule has 4 rings (SSSR count).